The smallest absolute Gasteiger partial charge is 0.222 e. The van der Waals surface area contributed by atoms with Gasteiger partial charge in [0.2, 0.25) is 5.91 Å². The molecule has 0 radical (unpaired) electrons. The van der Waals surface area contributed by atoms with E-state index in [9.17, 15) is 4.79 Å². The Morgan fingerprint density at radius 3 is 2.71 bits per heavy atom. The molecule has 0 spiro atoms. The van der Waals surface area contributed by atoms with Gasteiger partial charge < -0.3 is 15.8 Å². The van der Waals surface area contributed by atoms with Crippen molar-refractivity contribution in [2.75, 3.05) is 26.3 Å². The fraction of sp³-hybridized carbons (Fsp3) is 0.923. The van der Waals surface area contributed by atoms with Gasteiger partial charge in [-0.05, 0) is 37.6 Å². The average Bonchev–Trinajstić information content (AvgIpc) is 2.34. The third-order valence-corrected chi connectivity index (χ3v) is 3.68. The van der Waals surface area contributed by atoms with E-state index in [4.69, 9.17) is 10.5 Å². The SMILES string of the molecule is CC(CCCN)C(=O)NCC1(C)CCOCC1. The minimum absolute atomic E-state index is 0.0713. The van der Waals surface area contributed by atoms with Crippen LogP contribution in [0.3, 0.4) is 0 Å². The first kappa shape index (κ1) is 14.5. The van der Waals surface area contributed by atoms with E-state index in [1.807, 2.05) is 6.92 Å². The van der Waals surface area contributed by atoms with E-state index >= 15 is 0 Å². The molecule has 100 valence electrons. The lowest BCUT2D eigenvalue weighted by Gasteiger charge is -2.33. The average molecular weight is 242 g/mol. The van der Waals surface area contributed by atoms with Crippen molar-refractivity contribution >= 4 is 5.91 Å². The molecule has 1 fully saturated rings. The molecule has 0 aliphatic carbocycles. The van der Waals surface area contributed by atoms with E-state index in [1.165, 1.54) is 0 Å². The van der Waals surface area contributed by atoms with Crippen molar-refractivity contribution in [1.82, 2.24) is 5.32 Å². The molecule has 1 aliphatic rings. The highest BCUT2D eigenvalue weighted by atomic mass is 16.5. The number of nitrogens with two attached hydrogens (primary N) is 1. The quantitative estimate of drug-likeness (QED) is 0.738. The summed E-state index contributed by atoms with van der Waals surface area (Å²) in [4.78, 5) is 11.9. The lowest BCUT2D eigenvalue weighted by Crippen LogP contribution is -2.41. The minimum Gasteiger partial charge on any atom is -0.381 e. The van der Waals surface area contributed by atoms with Gasteiger partial charge in [-0.1, -0.05) is 13.8 Å². The first-order valence-electron chi connectivity index (χ1n) is 6.63. The molecule has 1 aliphatic heterocycles. The van der Waals surface area contributed by atoms with Gasteiger partial charge in [0.05, 0.1) is 0 Å². The number of hydrogen-bond donors (Lipinski definition) is 2. The molecule has 1 unspecified atom stereocenters. The van der Waals surface area contributed by atoms with Gasteiger partial charge in [-0.2, -0.15) is 0 Å². The first-order valence-corrected chi connectivity index (χ1v) is 6.63. The molecule has 1 rings (SSSR count). The Morgan fingerprint density at radius 2 is 2.12 bits per heavy atom. The molecule has 0 bridgehead atoms. The van der Waals surface area contributed by atoms with Crippen LogP contribution < -0.4 is 11.1 Å². The number of carbonyl (C=O) groups excluding carboxylic acids is 1. The highest BCUT2D eigenvalue weighted by molar-refractivity contribution is 5.78. The Bertz CT molecular complexity index is 238. The second-order valence-corrected chi connectivity index (χ2v) is 5.47. The van der Waals surface area contributed by atoms with Crippen LogP contribution in [-0.2, 0) is 9.53 Å². The van der Waals surface area contributed by atoms with E-state index in [1.54, 1.807) is 0 Å². The summed E-state index contributed by atoms with van der Waals surface area (Å²) in [6.45, 7) is 7.25. The molecule has 0 aromatic carbocycles. The predicted octanol–water partition coefficient (Wildman–Crippen LogP) is 1.29. The molecule has 4 nitrogen and oxygen atoms in total. The van der Waals surface area contributed by atoms with Crippen LogP contribution in [-0.4, -0.2) is 32.2 Å². The van der Waals surface area contributed by atoms with Crippen molar-refractivity contribution in [2.24, 2.45) is 17.1 Å². The molecule has 1 saturated heterocycles. The highest BCUT2D eigenvalue weighted by Crippen LogP contribution is 2.28. The Labute approximate surface area is 104 Å². The van der Waals surface area contributed by atoms with E-state index in [-0.39, 0.29) is 17.2 Å². The Morgan fingerprint density at radius 1 is 1.47 bits per heavy atom. The molecular formula is C13H26N2O2. The maximum Gasteiger partial charge on any atom is 0.222 e. The lowest BCUT2D eigenvalue weighted by atomic mass is 9.82. The molecule has 1 amide bonds. The van der Waals surface area contributed by atoms with Gasteiger partial charge in [0, 0.05) is 25.7 Å². The minimum atomic E-state index is 0.0713. The summed E-state index contributed by atoms with van der Waals surface area (Å²) in [6, 6.07) is 0. The van der Waals surface area contributed by atoms with E-state index in [2.05, 4.69) is 12.2 Å². The standard InChI is InChI=1S/C13H26N2O2/c1-11(4-3-7-14)12(16)15-10-13(2)5-8-17-9-6-13/h11H,3-10,14H2,1-2H3,(H,15,16). The van der Waals surface area contributed by atoms with Gasteiger partial charge in [-0.15, -0.1) is 0 Å². The molecule has 0 saturated carbocycles. The molecule has 4 heteroatoms. The summed E-state index contributed by atoms with van der Waals surface area (Å²) in [5, 5.41) is 3.07. The third-order valence-electron chi connectivity index (χ3n) is 3.68. The zero-order chi connectivity index (χ0) is 12.7. The molecular weight excluding hydrogens is 216 g/mol. The molecule has 17 heavy (non-hydrogen) atoms. The Balaban J connectivity index is 2.26. The lowest BCUT2D eigenvalue weighted by molar-refractivity contribution is -0.125. The summed E-state index contributed by atoms with van der Waals surface area (Å²) >= 11 is 0. The van der Waals surface area contributed by atoms with Crippen LogP contribution in [0.2, 0.25) is 0 Å². The van der Waals surface area contributed by atoms with Gasteiger partial charge in [0.1, 0.15) is 0 Å². The number of hydrogen-bond acceptors (Lipinski definition) is 3. The topological polar surface area (TPSA) is 64.4 Å². The summed E-state index contributed by atoms with van der Waals surface area (Å²) in [7, 11) is 0. The summed E-state index contributed by atoms with van der Waals surface area (Å²) in [5.74, 6) is 0.230. The molecule has 1 heterocycles. The zero-order valence-electron chi connectivity index (χ0n) is 11.1. The van der Waals surface area contributed by atoms with Crippen LogP contribution in [0.5, 0.6) is 0 Å². The van der Waals surface area contributed by atoms with Gasteiger partial charge in [0.15, 0.2) is 0 Å². The van der Waals surface area contributed by atoms with E-state index in [0.29, 0.717) is 6.54 Å². The van der Waals surface area contributed by atoms with Crippen molar-refractivity contribution in [2.45, 2.75) is 39.5 Å². The Hall–Kier alpha value is -0.610. The van der Waals surface area contributed by atoms with Crippen LogP contribution in [0, 0.1) is 11.3 Å². The van der Waals surface area contributed by atoms with E-state index in [0.717, 1.165) is 45.4 Å². The molecule has 1 atom stereocenters. The maximum atomic E-state index is 11.9. The van der Waals surface area contributed by atoms with E-state index < -0.39 is 0 Å². The molecule has 0 aromatic heterocycles. The second-order valence-electron chi connectivity index (χ2n) is 5.47. The molecule has 0 aromatic rings. The van der Waals surface area contributed by atoms with Gasteiger partial charge >= 0.3 is 0 Å². The summed E-state index contributed by atoms with van der Waals surface area (Å²) in [5.41, 5.74) is 5.65. The number of amides is 1. The number of ether oxygens (including phenoxy) is 1. The van der Waals surface area contributed by atoms with Crippen LogP contribution in [0.15, 0.2) is 0 Å². The maximum absolute atomic E-state index is 11.9. The third kappa shape index (κ3) is 5.04. The predicted molar refractivity (Wildman–Crippen MR) is 68.6 cm³/mol. The summed E-state index contributed by atoms with van der Waals surface area (Å²) < 4.78 is 5.35. The van der Waals surface area contributed by atoms with Crippen molar-refractivity contribution in [3.05, 3.63) is 0 Å². The van der Waals surface area contributed by atoms with Crippen LogP contribution >= 0.6 is 0 Å². The summed E-state index contributed by atoms with van der Waals surface area (Å²) in [6.07, 6.45) is 3.86. The van der Waals surface area contributed by atoms with Gasteiger partial charge in [-0.25, -0.2) is 0 Å². The van der Waals surface area contributed by atoms with Crippen molar-refractivity contribution < 1.29 is 9.53 Å². The highest BCUT2D eigenvalue weighted by Gasteiger charge is 2.28. The molecule has 3 N–H and O–H groups in total. The first-order chi connectivity index (χ1) is 8.07. The van der Waals surface area contributed by atoms with Crippen LogP contribution in [0.25, 0.3) is 0 Å². The second kappa shape index (κ2) is 6.97. The van der Waals surface area contributed by atoms with Crippen LogP contribution in [0.1, 0.15) is 39.5 Å². The monoisotopic (exact) mass is 242 g/mol. The van der Waals surface area contributed by atoms with Crippen molar-refractivity contribution in [3.8, 4) is 0 Å². The fourth-order valence-electron chi connectivity index (χ4n) is 2.07. The van der Waals surface area contributed by atoms with Gasteiger partial charge in [-0.3, -0.25) is 4.79 Å². The van der Waals surface area contributed by atoms with Crippen molar-refractivity contribution in [1.29, 1.82) is 0 Å². The Kier molecular flexibility index (Phi) is 5.92. The largest absolute Gasteiger partial charge is 0.381 e. The normalized spacial score (nSPS) is 20.9. The number of carbonyl (C=O) groups is 1. The number of rotatable bonds is 6. The zero-order valence-corrected chi connectivity index (χ0v) is 11.1. The van der Waals surface area contributed by atoms with Crippen molar-refractivity contribution in [3.63, 3.8) is 0 Å². The van der Waals surface area contributed by atoms with Gasteiger partial charge in [0.25, 0.3) is 0 Å². The fourth-order valence-corrected chi connectivity index (χ4v) is 2.07. The van der Waals surface area contributed by atoms with Crippen LogP contribution in [0.4, 0.5) is 0 Å². The number of nitrogens with one attached hydrogen (secondary N) is 1.